The van der Waals surface area contributed by atoms with Crippen molar-refractivity contribution in [3.8, 4) is 0 Å². The number of amides is 1. The lowest BCUT2D eigenvalue weighted by Gasteiger charge is -2.11. The first-order valence-corrected chi connectivity index (χ1v) is 7.33. The zero-order valence-electron chi connectivity index (χ0n) is 11.6. The number of carboxylic acid groups (broad SMARTS) is 1. The summed E-state index contributed by atoms with van der Waals surface area (Å²) in [5, 5.41) is 11.2. The van der Waals surface area contributed by atoms with Crippen LogP contribution < -0.4 is 5.32 Å². The fourth-order valence-corrected chi connectivity index (χ4v) is 2.11. The normalized spacial score (nSPS) is 12.3. The average Bonchev–Trinajstić information content (AvgIpc) is 2.39. The molecule has 1 amide bonds. The number of hydrogen-bond donors (Lipinski definition) is 2. The van der Waals surface area contributed by atoms with Crippen molar-refractivity contribution in [2.45, 2.75) is 32.2 Å². The summed E-state index contributed by atoms with van der Waals surface area (Å²) in [6.07, 6.45) is 3.83. The summed E-state index contributed by atoms with van der Waals surface area (Å²) in [4.78, 5) is 22.1. The molecule has 0 aliphatic carbocycles. The van der Waals surface area contributed by atoms with Crippen LogP contribution in [0.5, 0.6) is 0 Å². The summed E-state index contributed by atoms with van der Waals surface area (Å²) >= 11 is 3.23. The van der Waals surface area contributed by atoms with Gasteiger partial charge in [0, 0.05) is 28.6 Å². The van der Waals surface area contributed by atoms with E-state index in [0.717, 1.165) is 4.47 Å². The highest BCUT2D eigenvalue weighted by Gasteiger charge is 2.06. The molecule has 0 fully saturated rings. The van der Waals surface area contributed by atoms with E-state index in [2.05, 4.69) is 21.2 Å². The molecule has 0 aliphatic rings. The lowest BCUT2D eigenvalue weighted by atomic mass is 10.1. The smallest absolute Gasteiger partial charge is 0.303 e. The maximum Gasteiger partial charge on any atom is 0.303 e. The Kier molecular flexibility index (Phi) is 7.08. The Balaban J connectivity index is 2.47. The van der Waals surface area contributed by atoms with Gasteiger partial charge in [0.15, 0.2) is 0 Å². The predicted octanol–water partition coefficient (Wildman–Crippen LogP) is 3.36. The molecule has 0 aromatic heterocycles. The van der Waals surface area contributed by atoms with Crippen molar-refractivity contribution in [3.63, 3.8) is 0 Å². The SMILES string of the molecule is CC(CCCC(=O)O)NC(=O)/C=C/c1cc(Br)ccc1F. The van der Waals surface area contributed by atoms with Gasteiger partial charge in [0.2, 0.25) is 5.91 Å². The number of hydrogen-bond acceptors (Lipinski definition) is 2. The Bertz CT molecular complexity index is 546. The van der Waals surface area contributed by atoms with Gasteiger partial charge < -0.3 is 10.4 Å². The van der Waals surface area contributed by atoms with Gasteiger partial charge in [0.25, 0.3) is 0 Å². The number of carbonyl (C=O) groups is 2. The van der Waals surface area contributed by atoms with Crippen molar-refractivity contribution in [2.24, 2.45) is 0 Å². The van der Waals surface area contributed by atoms with E-state index in [1.165, 1.54) is 18.2 Å². The van der Waals surface area contributed by atoms with Crippen LogP contribution >= 0.6 is 15.9 Å². The van der Waals surface area contributed by atoms with Crippen molar-refractivity contribution in [2.75, 3.05) is 0 Å². The largest absolute Gasteiger partial charge is 0.481 e. The highest BCUT2D eigenvalue weighted by atomic mass is 79.9. The van der Waals surface area contributed by atoms with Gasteiger partial charge in [-0.3, -0.25) is 9.59 Å². The van der Waals surface area contributed by atoms with Crippen LogP contribution in [0, 0.1) is 5.82 Å². The number of benzene rings is 1. The lowest BCUT2D eigenvalue weighted by molar-refractivity contribution is -0.137. The fraction of sp³-hybridized carbons (Fsp3) is 0.333. The third kappa shape index (κ3) is 7.04. The number of rotatable bonds is 7. The number of nitrogens with one attached hydrogen (secondary N) is 1. The van der Waals surface area contributed by atoms with E-state index in [1.54, 1.807) is 19.1 Å². The monoisotopic (exact) mass is 357 g/mol. The number of halogens is 2. The standard InChI is InChI=1S/C15H17BrFNO3/c1-10(3-2-4-15(20)21)18-14(19)8-5-11-9-12(16)6-7-13(11)17/h5-10H,2-4H2,1H3,(H,18,19)(H,20,21)/b8-5+. The maximum absolute atomic E-state index is 13.5. The van der Waals surface area contributed by atoms with E-state index in [4.69, 9.17) is 5.11 Å². The van der Waals surface area contributed by atoms with Crippen molar-refractivity contribution < 1.29 is 19.1 Å². The zero-order valence-corrected chi connectivity index (χ0v) is 13.2. The van der Waals surface area contributed by atoms with Crippen molar-refractivity contribution in [3.05, 3.63) is 40.1 Å². The lowest BCUT2D eigenvalue weighted by Crippen LogP contribution is -2.31. The molecule has 21 heavy (non-hydrogen) atoms. The maximum atomic E-state index is 13.5. The second kappa shape index (κ2) is 8.56. The van der Waals surface area contributed by atoms with Gasteiger partial charge in [-0.25, -0.2) is 4.39 Å². The first kappa shape index (κ1) is 17.4. The number of aliphatic carboxylic acids is 1. The zero-order chi connectivity index (χ0) is 15.8. The van der Waals surface area contributed by atoms with Gasteiger partial charge in [-0.05, 0) is 44.0 Å². The van der Waals surface area contributed by atoms with Gasteiger partial charge in [-0.1, -0.05) is 15.9 Å². The van der Waals surface area contributed by atoms with Crippen LogP contribution in [0.15, 0.2) is 28.7 Å². The minimum atomic E-state index is -0.849. The minimum absolute atomic E-state index is 0.0826. The van der Waals surface area contributed by atoms with Crippen molar-refractivity contribution in [1.29, 1.82) is 0 Å². The molecular weight excluding hydrogens is 341 g/mol. The molecule has 1 aromatic rings. The average molecular weight is 358 g/mol. The van der Waals surface area contributed by atoms with Crippen LogP contribution in [0.3, 0.4) is 0 Å². The molecule has 0 saturated carbocycles. The Morgan fingerprint density at radius 2 is 2.19 bits per heavy atom. The molecule has 1 rings (SSSR count). The van der Waals surface area contributed by atoms with E-state index in [0.29, 0.717) is 18.4 Å². The molecule has 1 aromatic carbocycles. The van der Waals surface area contributed by atoms with E-state index < -0.39 is 11.8 Å². The summed E-state index contributed by atoms with van der Waals surface area (Å²) in [5.41, 5.74) is 0.318. The fourth-order valence-electron chi connectivity index (χ4n) is 1.73. The molecule has 0 heterocycles. The first-order valence-electron chi connectivity index (χ1n) is 6.54. The summed E-state index contributed by atoms with van der Waals surface area (Å²) < 4.78 is 14.2. The summed E-state index contributed by atoms with van der Waals surface area (Å²) in [7, 11) is 0. The van der Waals surface area contributed by atoms with Gasteiger partial charge in [-0.2, -0.15) is 0 Å². The summed E-state index contributed by atoms with van der Waals surface area (Å²) in [6.45, 7) is 1.80. The molecule has 0 radical (unpaired) electrons. The second-order valence-electron chi connectivity index (χ2n) is 4.69. The molecule has 1 unspecified atom stereocenters. The third-order valence-corrected chi connectivity index (χ3v) is 3.28. The van der Waals surface area contributed by atoms with Crippen molar-refractivity contribution in [1.82, 2.24) is 5.32 Å². The summed E-state index contributed by atoms with van der Waals surface area (Å²) in [5.74, 6) is -1.59. The van der Waals surface area contributed by atoms with E-state index in [9.17, 15) is 14.0 Å². The highest BCUT2D eigenvalue weighted by molar-refractivity contribution is 9.10. The van der Waals surface area contributed by atoms with Crippen LogP contribution in [0.4, 0.5) is 4.39 Å². The van der Waals surface area contributed by atoms with E-state index >= 15 is 0 Å². The molecule has 2 N–H and O–H groups in total. The van der Waals surface area contributed by atoms with Crippen molar-refractivity contribution >= 4 is 33.9 Å². The van der Waals surface area contributed by atoms with Gasteiger partial charge in [0.1, 0.15) is 5.82 Å². The van der Waals surface area contributed by atoms with Crippen LogP contribution in [-0.4, -0.2) is 23.0 Å². The van der Waals surface area contributed by atoms with Crippen LogP contribution in [0.1, 0.15) is 31.7 Å². The van der Waals surface area contributed by atoms with Gasteiger partial charge in [0.05, 0.1) is 0 Å². The Morgan fingerprint density at radius 1 is 1.48 bits per heavy atom. The second-order valence-corrected chi connectivity index (χ2v) is 5.61. The first-order chi connectivity index (χ1) is 9.88. The Morgan fingerprint density at radius 3 is 2.86 bits per heavy atom. The third-order valence-electron chi connectivity index (χ3n) is 2.79. The Hall–Kier alpha value is -1.69. The number of carboxylic acids is 1. The minimum Gasteiger partial charge on any atom is -0.481 e. The van der Waals surface area contributed by atoms with Gasteiger partial charge >= 0.3 is 5.97 Å². The predicted molar refractivity (Wildman–Crippen MR) is 82.2 cm³/mol. The Labute approximate surface area is 131 Å². The molecule has 114 valence electrons. The topological polar surface area (TPSA) is 66.4 Å². The van der Waals surface area contributed by atoms with Crippen LogP contribution in [0.25, 0.3) is 6.08 Å². The molecule has 1 atom stereocenters. The van der Waals surface area contributed by atoms with Crippen LogP contribution in [-0.2, 0) is 9.59 Å². The molecule has 0 spiro atoms. The summed E-state index contributed by atoms with van der Waals surface area (Å²) in [6, 6.07) is 4.34. The van der Waals surface area contributed by atoms with Crippen LogP contribution in [0.2, 0.25) is 0 Å². The highest BCUT2D eigenvalue weighted by Crippen LogP contribution is 2.16. The molecule has 6 heteroatoms. The number of carbonyl (C=O) groups excluding carboxylic acids is 1. The molecule has 4 nitrogen and oxygen atoms in total. The molecule has 0 saturated heterocycles. The quantitative estimate of drug-likeness (QED) is 0.735. The van der Waals surface area contributed by atoms with E-state index in [1.807, 2.05) is 0 Å². The molecular formula is C15H17BrFNO3. The molecule has 0 bridgehead atoms. The van der Waals surface area contributed by atoms with E-state index in [-0.39, 0.29) is 18.4 Å². The molecule has 0 aliphatic heterocycles. The van der Waals surface area contributed by atoms with Gasteiger partial charge in [-0.15, -0.1) is 0 Å².